The van der Waals surface area contributed by atoms with Crippen molar-refractivity contribution < 1.29 is 0 Å². The maximum absolute atomic E-state index is 8.99. The first-order valence-electron chi connectivity index (χ1n) is 6.71. The minimum Gasteiger partial charge on any atom is -0.264 e. The maximum atomic E-state index is 8.99. The number of nitriles is 1. The number of benzene rings is 1. The molecule has 102 valence electrons. The van der Waals surface area contributed by atoms with E-state index in [-0.39, 0.29) is 0 Å². The second kappa shape index (κ2) is 5.86. The third-order valence-electron chi connectivity index (χ3n) is 3.31. The summed E-state index contributed by atoms with van der Waals surface area (Å²) in [5, 5.41) is 12.0. The number of nitrogens with zero attached hydrogens (tertiary/aromatic N) is 3. The van der Waals surface area contributed by atoms with Gasteiger partial charge in [0.2, 0.25) is 0 Å². The second-order valence-electron chi connectivity index (χ2n) is 4.62. The molecule has 0 aliphatic rings. The minimum absolute atomic E-state index is 0.653. The van der Waals surface area contributed by atoms with Crippen molar-refractivity contribution in [1.29, 1.82) is 5.26 Å². The second-order valence-corrected chi connectivity index (χ2v) is 5.47. The van der Waals surface area contributed by atoms with Crippen molar-refractivity contribution >= 4 is 11.3 Å². The van der Waals surface area contributed by atoms with Crippen LogP contribution in [0.4, 0.5) is 0 Å². The van der Waals surface area contributed by atoms with Gasteiger partial charge in [0.15, 0.2) is 0 Å². The summed E-state index contributed by atoms with van der Waals surface area (Å²) in [5.74, 6) is 0. The molecule has 0 saturated carbocycles. The molecule has 3 rings (SSSR count). The summed E-state index contributed by atoms with van der Waals surface area (Å²) in [6, 6.07) is 11.7. The van der Waals surface area contributed by atoms with E-state index >= 15 is 0 Å². The van der Waals surface area contributed by atoms with Gasteiger partial charge in [0, 0.05) is 28.9 Å². The lowest BCUT2D eigenvalue weighted by Crippen LogP contribution is -1.89. The SMILES string of the molecule is CCc1ccncc1-c1csc(-c2cccc(C#N)c2)n1. The van der Waals surface area contributed by atoms with Gasteiger partial charge in [-0.25, -0.2) is 4.98 Å². The van der Waals surface area contributed by atoms with E-state index in [0.717, 1.165) is 28.2 Å². The summed E-state index contributed by atoms with van der Waals surface area (Å²) >= 11 is 1.59. The van der Waals surface area contributed by atoms with Gasteiger partial charge in [-0.15, -0.1) is 11.3 Å². The van der Waals surface area contributed by atoms with Crippen LogP contribution in [0.1, 0.15) is 18.1 Å². The lowest BCUT2D eigenvalue weighted by atomic mass is 10.1. The highest BCUT2D eigenvalue weighted by molar-refractivity contribution is 7.13. The molecule has 2 heterocycles. The Hall–Kier alpha value is -2.51. The summed E-state index contributed by atoms with van der Waals surface area (Å²) in [6.45, 7) is 2.13. The Morgan fingerprint density at radius 3 is 3.00 bits per heavy atom. The average molecular weight is 291 g/mol. The van der Waals surface area contributed by atoms with E-state index in [1.54, 1.807) is 17.4 Å². The Labute approximate surface area is 127 Å². The molecule has 0 saturated heterocycles. The zero-order valence-corrected chi connectivity index (χ0v) is 12.4. The first-order valence-corrected chi connectivity index (χ1v) is 7.59. The highest BCUT2D eigenvalue weighted by Crippen LogP contribution is 2.30. The molecule has 0 unspecified atom stereocenters. The highest BCUT2D eigenvalue weighted by Gasteiger charge is 2.10. The van der Waals surface area contributed by atoms with Crippen LogP contribution in [0.15, 0.2) is 48.1 Å². The molecule has 0 bridgehead atoms. The van der Waals surface area contributed by atoms with E-state index in [1.807, 2.05) is 42.0 Å². The van der Waals surface area contributed by atoms with Crippen LogP contribution >= 0.6 is 11.3 Å². The van der Waals surface area contributed by atoms with Crippen LogP contribution in [0.5, 0.6) is 0 Å². The zero-order valence-electron chi connectivity index (χ0n) is 11.6. The Kier molecular flexibility index (Phi) is 3.76. The average Bonchev–Trinajstić information content (AvgIpc) is 3.04. The van der Waals surface area contributed by atoms with E-state index in [9.17, 15) is 0 Å². The van der Waals surface area contributed by atoms with Crippen molar-refractivity contribution in [2.45, 2.75) is 13.3 Å². The Morgan fingerprint density at radius 1 is 1.29 bits per heavy atom. The number of hydrogen-bond donors (Lipinski definition) is 0. The van der Waals surface area contributed by atoms with Gasteiger partial charge in [-0.3, -0.25) is 4.98 Å². The van der Waals surface area contributed by atoms with Crippen LogP contribution in [0.25, 0.3) is 21.8 Å². The molecule has 3 nitrogen and oxygen atoms in total. The molecule has 0 aliphatic carbocycles. The van der Waals surface area contributed by atoms with Crippen molar-refractivity contribution in [3.8, 4) is 27.9 Å². The van der Waals surface area contributed by atoms with Crippen LogP contribution in [-0.2, 0) is 6.42 Å². The van der Waals surface area contributed by atoms with E-state index in [1.165, 1.54) is 5.56 Å². The van der Waals surface area contributed by atoms with Gasteiger partial charge in [-0.2, -0.15) is 5.26 Å². The number of aromatic nitrogens is 2. The Bertz CT molecular complexity index is 815. The maximum Gasteiger partial charge on any atom is 0.124 e. The predicted octanol–water partition coefficient (Wildman–Crippen LogP) is 4.31. The molecular formula is C17H13N3S. The fourth-order valence-corrected chi connectivity index (χ4v) is 3.03. The molecule has 1 aromatic carbocycles. The third kappa shape index (κ3) is 2.69. The number of pyridine rings is 1. The Balaban J connectivity index is 2.02. The third-order valence-corrected chi connectivity index (χ3v) is 4.20. The van der Waals surface area contributed by atoms with Crippen LogP contribution in [0, 0.1) is 11.3 Å². The lowest BCUT2D eigenvalue weighted by molar-refractivity contribution is 1.12. The summed E-state index contributed by atoms with van der Waals surface area (Å²) in [4.78, 5) is 8.90. The van der Waals surface area contributed by atoms with Crippen molar-refractivity contribution in [2.75, 3.05) is 0 Å². The molecule has 0 fully saturated rings. The molecule has 4 heteroatoms. The fraction of sp³-hybridized carbons (Fsp3) is 0.118. The summed E-state index contributed by atoms with van der Waals surface area (Å²) in [5.41, 5.74) is 4.90. The normalized spacial score (nSPS) is 10.3. The van der Waals surface area contributed by atoms with Gasteiger partial charge >= 0.3 is 0 Å². The summed E-state index contributed by atoms with van der Waals surface area (Å²) < 4.78 is 0. The van der Waals surface area contributed by atoms with E-state index in [0.29, 0.717) is 5.56 Å². The lowest BCUT2D eigenvalue weighted by Gasteiger charge is -2.03. The Morgan fingerprint density at radius 2 is 2.19 bits per heavy atom. The monoisotopic (exact) mass is 291 g/mol. The van der Waals surface area contributed by atoms with E-state index in [4.69, 9.17) is 10.2 Å². The van der Waals surface area contributed by atoms with Gasteiger partial charge < -0.3 is 0 Å². The largest absolute Gasteiger partial charge is 0.264 e. The predicted molar refractivity (Wildman–Crippen MR) is 84.9 cm³/mol. The molecule has 0 aliphatic heterocycles. The van der Waals surface area contributed by atoms with Crippen LogP contribution in [0.3, 0.4) is 0 Å². The smallest absolute Gasteiger partial charge is 0.124 e. The van der Waals surface area contributed by atoms with Crippen LogP contribution < -0.4 is 0 Å². The number of thiazole rings is 1. The fourth-order valence-electron chi connectivity index (χ4n) is 2.21. The molecule has 0 radical (unpaired) electrons. The molecule has 21 heavy (non-hydrogen) atoms. The van der Waals surface area contributed by atoms with Crippen molar-refractivity contribution in [1.82, 2.24) is 9.97 Å². The van der Waals surface area contributed by atoms with Gasteiger partial charge in [-0.05, 0) is 30.2 Å². The van der Waals surface area contributed by atoms with Crippen LogP contribution in [-0.4, -0.2) is 9.97 Å². The number of aryl methyl sites for hydroxylation is 1. The van der Waals surface area contributed by atoms with Crippen LogP contribution in [0.2, 0.25) is 0 Å². The van der Waals surface area contributed by atoms with Gasteiger partial charge in [-0.1, -0.05) is 19.1 Å². The molecule has 3 aromatic rings. The van der Waals surface area contributed by atoms with Gasteiger partial charge in [0.25, 0.3) is 0 Å². The van der Waals surface area contributed by atoms with Crippen molar-refractivity contribution in [3.05, 3.63) is 59.2 Å². The number of rotatable bonds is 3. The van der Waals surface area contributed by atoms with Gasteiger partial charge in [0.1, 0.15) is 5.01 Å². The molecule has 0 atom stereocenters. The standard InChI is InChI=1S/C17H13N3S/c1-2-13-6-7-19-10-15(13)16-11-21-17(20-16)14-5-3-4-12(8-14)9-18/h3-8,10-11H,2H2,1H3. The topological polar surface area (TPSA) is 49.6 Å². The van der Waals surface area contributed by atoms with Crippen molar-refractivity contribution in [2.24, 2.45) is 0 Å². The summed E-state index contributed by atoms with van der Waals surface area (Å²) in [7, 11) is 0. The quantitative estimate of drug-likeness (QED) is 0.722. The van der Waals surface area contributed by atoms with Crippen molar-refractivity contribution in [3.63, 3.8) is 0 Å². The van der Waals surface area contributed by atoms with E-state index < -0.39 is 0 Å². The zero-order chi connectivity index (χ0) is 14.7. The minimum atomic E-state index is 0.653. The first kappa shape index (κ1) is 13.5. The molecule has 0 spiro atoms. The molecule has 0 amide bonds. The van der Waals surface area contributed by atoms with Gasteiger partial charge in [0.05, 0.1) is 17.3 Å². The molecule has 2 aromatic heterocycles. The first-order chi connectivity index (χ1) is 10.3. The van der Waals surface area contributed by atoms with E-state index in [2.05, 4.69) is 18.0 Å². The highest BCUT2D eigenvalue weighted by atomic mass is 32.1. The molecular weight excluding hydrogens is 278 g/mol. The molecule has 0 N–H and O–H groups in total. The number of hydrogen-bond acceptors (Lipinski definition) is 4. The summed E-state index contributed by atoms with van der Waals surface area (Å²) in [6.07, 6.45) is 4.63.